The van der Waals surface area contributed by atoms with E-state index >= 15 is 0 Å². The standard InChI is InChI=1S/C9H12N4O/c1-2-13-5-9(3-11-13)12-4-8(6-14)10-7-12/h3-5,7,14H,2,6H2,1H3. The Labute approximate surface area is 81.6 Å². The summed E-state index contributed by atoms with van der Waals surface area (Å²) in [5, 5.41) is 13.0. The molecule has 0 bridgehead atoms. The van der Waals surface area contributed by atoms with Crippen LogP contribution in [-0.2, 0) is 13.2 Å². The first-order valence-electron chi connectivity index (χ1n) is 4.50. The lowest BCUT2D eigenvalue weighted by Gasteiger charge is -1.94. The van der Waals surface area contributed by atoms with Crippen molar-refractivity contribution in [2.75, 3.05) is 0 Å². The molecule has 14 heavy (non-hydrogen) atoms. The Hall–Kier alpha value is -1.62. The van der Waals surface area contributed by atoms with E-state index in [1.165, 1.54) is 0 Å². The maximum absolute atomic E-state index is 8.85. The number of nitrogens with zero attached hydrogens (tertiary/aromatic N) is 4. The van der Waals surface area contributed by atoms with Crippen LogP contribution in [0.4, 0.5) is 0 Å². The highest BCUT2D eigenvalue weighted by molar-refractivity contribution is 5.25. The van der Waals surface area contributed by atoms with Crippen LogP contribution < -0.4 is 0 Å². The largest absolute Gasteiger partial charge is 0.390 e. The van der Waals surface area contributed by atoms with Crippen molar-refractivity contribution in [1.29, 1.82) is 0 Å². The number of imidazole rings is 1. The molecule has 74 valence electrons. The molecule has 2 heterocycles. The quantitative estimate of drug-likeness (QED) is 0.774. The molecule has 0 spiro atoms. The molecule has 5 nitrogen and oxygen atoms in total. The lowest BCUT2D eigenvalue weighted by atomic mass is 10.5. The highest BCUT2D eigenvalue weighted by Gasteiger charge is 2.01. The highest BCUT2D eigenvalue weighted by Crippen LogP contribution is 2.07. The minimum Gasteiger partial charge on any atom is -0.390 e. The first kappa shape index (κ1) is 8.96. The van der Waals surface area contributed by atoms with E-state index < -0.39 is 0 Å². The Morgan fingerprint density at radius 1 is 1.43 bits per heavy atom. The van der Waals surface area contributed by atoms with Gasteiger partial charge in [0.1, 0.15) is 0 Å². The SMILES string of the molecule is CCn1cc(-n2cnc(CO)c2)cn1. The summed E-state index contributed by atoms with van der Waals surface area (Å²) in [7, 11) is 0. The van der Waals surface area contributed by atoms with Crippen molar-refractivity contribution in [1.82, 2.24) is 19.3 Å². The Morgan fingerprint density at radius 2 is 2.29 bits per heavy atom. The summed E-state index contributed by atoms with van der Waals surface area (Å²) in [5.41, 5.74) is 1.62. The second-order valence-electron chi connectivity index (χ2n) is 2.98. The van der Waals surface area contributed by atoms with Crippen LogP contribution in [-0.4, -0.2) is 24.4 Å². The summed E-state index contributed by atoms with van der Waals surface area (Å²) in [6.07, 6.45) is 7.16. The predicted octanol–water partition coefficient (Wildman–Crippen LogP) is 0.581. The van der Waals surface area contributed by atoms with Crippen LogP contribution in [0, 0.1) is 0 Å². The fourth-order valence-corrected chi connectivity index (χ4v) is 1.25. The molecular weight excluding hydrogens is 180 g/mol. The third kappa shape index (κ3) is 1.54. The van der Waals surface area contributed by atoms with Crippen LogP contribution in [0.15, 0.2) is 24.9 Å². The Kier molecular flexibility index (Phi) is 2.32. The second kappa shape index (κ2) is 3.63. The van der Waals surface area contributed by atoms with E-state index in [2.05, 4.69) is 10.1 Å². The third-order valence-corrected chi connectivity index (χ3v) is 2.04. The summed E-state index contributed by atoms with van der Waals surface area (Å²) in [6, 6.07) is 0. The molecule has 2 rings (SSSR count). The molecule has 1 N–H and O–H groups in total. The van der Waals surface area contributed by atoms with Gasteiger partial charge in [-0.3, -0.25) is 4.68 Å². The van der Waals surface area contributed by atoms with E-state index in [1.807, 2.05) is 22.4 Å². The normalized spacial score (nSPS) is 10.7. The number of aliphatic hydroxyl groups excluding tert-OH is 1. The number of hydrogen-bond acceptors (Lipinski definition) is 3. The molecule has 0 atom stereocenters. The Balaban J connectivity index is 2.29. The van der Waals surface area contributed by atoms with Crippen molar-refractivity contribution in [3.05, 3.63) is 30.6 Å². The summed E-state index contributed by atoms with van der Waals surface area (Å²) >= 11 is 0. The highest BCUT2D eigenvalue weighted by atomic mass is 16.3. The zero-order valence-corrected chi connectivity index (χ0v) is 7.96. The van der Waals surface area contributed by atoms with Crippen molar-refractivity contribution in [2.24, 2.45) is 0 Å². The molecular formula is C9H12N4O. The van der Waals surface area contributed by atoms with E-state index in [0.717, 1.165) is 12.2 Å². The van der Waals surface area contributed by atoms with Gasteiger partial charge in [0.25, 0.3) is 0 Å². The lowest BCUT2D eigenvalue weighted by Crippen LogP contribution is -1.93. The van der Waals surface area contributed by atoms with Gasteiger partial charge in [-0.1, -0.05) is 0 Å². The van der Waals surface area contributed by atoms with E-state index in [9.17, 15) is 0 Å². The van der Waals surface area contributed by atoms with Crippen LogP contribution >= 0.6 is 0 Å². The summed E-state index contributed by atoms with van der Waals surface area (Å²) < 4.78 is 3.68. The maximum Gasteiger partial charge on any atom is 0.0997 e. The van der Waals surface area contributed by atoms with Crippen molar-refractivity contribution < 1.29 is 5.11 Å². The average Bonchev–Trinajstić information content (AvgIpc) is 2.86. The summed E-state index contributed by atoms with van der Waals surface area (Å²) in [4.78, 5) is 4.02. The summed E-state index contributed by atoms with van der Waals surface area (Å²) in [6.45, 7) is 2.85. The molecule has 0 unspecified atom stereocenters. The Morgan fingerprint density at radius 3 is 2.86 bits per heavy atom. The van der Waals surface area contributed by atoms with Gasteiger partial charge in [0.2, 0.25) is 0 Å². The van der Waals surface area contributed by atoms with Gasteiger partial charge in [-0.05, 0) is 6.92 Å². The van der Waals surface area contributed by atoms with E-state index in [4.69, 9.17) is 5.11 Å². The summed E-state index contributed by atoms with van der Waals surface area (Å²) in [5.74, 6) is 0. The molecule has 0 aliphatic carbocycles. The van der Waals surface area contributed by atoms with Gasteiger partial charge in [0, 0.05) is 18.9 Å². The first-order chi connectivity index (χ1) is 6.83. The van der Waals surface area contributed by atoms with E-state index in [1.54, 1.807) is 18.7 Å². The molecule has 0 aliphatic rings. The molecule has 2 aromatic heterocycles. The van der Waals surface area contributed by atoms with Gasteiger partial charge < -0.3 is 9.67 Å². The zero-order valence-electron chi connectivity index (χ0n) is 7.96. The zero-order chi connectivity index (χ0) is 9.97. The minimum absolute atomic E-state index is 0.0328. The fraction of sp³-hybridized carbons (Fsp3) is 0.333. The van der Waals surface area contributed by atoms with Crippen LogP contribution in [0.3, 0.4) is 0 Å². The lowest BCUT2D eigenvalue weighted by molar-refractivity contribution is 0.277. The van der Waals surface area contributed by atoms with Crippen LogP contribution in [0.1, 0.15) is 12.6 Å². The van der Waals surface area contributed by atoms with E-state index in [0.29, 0.717) is 5.69 Å². The number of rotatable bonds is 3. The van der Waals surface area contributed by atoms with Crippen LogP contribution in [0.2, 0.25) is 0 Å². The van der Waals surface area contributed by atoms with Gasteiger partial charge in [0.05, 0.1) is 30.5 Å². The molecule has 0 saturated heterocycles. The number of aliphatic hydroxyl groups is 1. The van der Waals surface area contributed by atoms with Gasteiger partial charge in [-0.15, -0.1) is 0 Å². The number of aryl methyl sites for hydroxylation is 1. The molecule has 0 aliphatic heterocycles. The van der Waals surface area contributed by atoms with Gasteiger partial charge in [-0.25, -0.2) is 4.98 Å². The first-order valence-corrected chi connectivity index (χ1v) is 4.50. The molecule has 5 heteroatoms. The number of hydrogen-bond donors (Lipinski definition) is 1. The molecule has 0 amide bonds. The van der Waals surface area contributed by atoms with Crippen molar-refractivity contribution in [3.63, 3.8) is 0 Å². The number of aromatic nitrogens is 4. The van der Waals surface area contributed by atoms with Gasteiger partial charge in [-0.2, -0.15) is 5.10 Å². The van der Waals surface area contributed by atoms with Crippen molar-refractivity contribution >= 4 is 0 Å². The smallest absolute Gasteiger partial charge is 0.0997 e. The monoisotopic (exact) mass is 192 g/mol. The van der Waals surface area contributed by atoms with Gasteiger partial charge >= 0.3 is 0 Å². The fourth-order valence-electron chi connectivity index (χ4n) is 1.25. The van der Waals surface area contributed by atoms with E-state index in [-0.39, 0.29) is 6.61 Å². The predicted molar refractivity (Wildman–Crippen MR) is 50.9 cm³/mol. The van der Waals surface area contributed by atoms with Crippen molar-refractivity contribution in [2.45, 2.75) is 20.1 Å². The molecule has 0 radical (unpaired) electrons. The van der Waals surface area contributed by atoms with Crippen LogP contribution in [0.5, 0.6) is 0 Å². The van der Waals surface area contributed by atoms with Crippen molar-refractivity contribution in [3.8, 4) is 5.69 Å². The van der Waals surface area contributed by atoms with Crippen LogP contribution in [0.25, 0.3) is 5.69 Å². The topological polar surface area (TPSA) is 55.9 Å². The average molecular weight is 192 g/mol. The minimum atomic E-state index is -0.0328. The molecule has 0 aromatic carbocycles. The molecule has 0 fully saturated rings. The molecule has 0 saturated carbocycles. The molecule has 2 aromatic rings. The van der Waals surface area contributed by atoms with Gasteiger partial charge in [0.15, 0.2) is 0 Å². The second-order valence-corrected chi connectivity index (χ2v) is 2.98. The Bertz CT molecular complexity index is 378. The third-order valence-electron chi connectivity index (χ3n) is 2.04. The maximum atomic E-state index is 8.85.